The van der Waals surface area contributed by atoms with E-state index in [-0.39, 0.29) is 24.3 Å². The van der Waals surface area contributed by atoms with E-state index in [2.05, 4.69) is 0 Å². The van der Waals surface area contributed by atoms with Gasteiger partial charge in [-0.3, -0.25) is 4.79 Å². The van der Waals surface area contributed by atoms with Crippen molar-refractivity contribution in [3.63, 3.8) is 0 Å². The number of carbonyl (C=O) groups is 2. The number of allylic oxidation sites excluding steroid dienone is 2. The molecule has 30 heavy (non-hydrogen) atoms. The normalized spacial score (nSPS) is 23.4. The fraction of sp³-hybridized carbons (Fsp3) is 0.455. The lowest BCUT2D eigenvalue weighted by Crippen LogP contribution is -2.53. The lowest BCUT2D eigenvalue weighted by molar-refractivity contribution is -0.146. The van der Waals surface area contributed by atoms with Gasteiger partial charge < -0.3 is 29.5 Å². The number of phenolic OH excluding ortho intramolecular Hbond substituents is 2. The molecule has 0 amide bonds. The smallest absolute Gasteiger partial charge is 0.342 e. The van der Waals surface area contributed by atoms with Crippen molar-refractivity contribution < 1.29 is 39.1 Å². The van der Waals surface area contributed by atoms with Gasteiger partial charge in [0.2, 0.25) is 5.75 Å². The van der Waals surface area contributed by atoms with Crippen molar-refractivity contribution in [2.75, 3.05) is 13.7 Å². The summed E-state index contributed by atoms with van der Waals surface area (Å²) in [5.41, 5.74) is -0.664. The number of benzene rings is 1. The van der Waals surface area contributed by atoms with Crippen molar-refractivity contribution >= 4 is 11.8 Å². The van der Waals surface area contributed by atoms with Crippen molar-refractivity contribution in [3.8, 4) is 17.2 Å². The Hall–Kier alpha value is -3.00. The average molecular weight is 418 g/mol. The molecule has 2 aliphatic rings. The molecular weight excluding hydrogens is 392 g/mol. The van der Waals surface area contributed by atoms with Crippen LogP contribution in [-0.4, -0.2) is 52.5 Å². The molecule has 8 nitrogen and oxygen atoms in total. The quantitative estimate of drug-likeness (QED) is 0.493. The lowest BCUT2D eigenvalue weighted by atomic mass is 9.77. The number of aromatic hydroxyl groups is 2. The molecule has 1 aromatic rings. The van der Waals surface area contributed by atoms with Gasteiger partial charge in [-0.2, -0.15) is 0 Å². The Morgan fingerprint density at radius 2 is 2.07 bits per heavy atom. The van der Waals surface area contributed by atoms with Gasteiger partial charge in [0.1, 0.15) is 18.3 Å². The number of hydrogen-bond acceptors (Lipinski definition) is 8. The molecule has 0 saturated carbocycles. The molecular formula is C22H26O8. The fourth-order valence-corrected chi connectivity index (χ4v) is 3.77. The zero-order chi connectivity index (χ0) is 22.2. The fourth-order valence-electron chi connectivity index (χ4n) is 3.77. The summed E-state index contributed by atoms with van der Waals surface area (Å²) >= 11 is 0. The monoisotopic (exact) mass is 418 g/mol. The number of hydrogen-bond donors (Lipinski definition) is 3. The number of esters is 1. The minimum atomic E-state index is -1.94. The number of rotatable bonds is 5. The molecule has 8 heteroatoms. The van der Waals surface area contributed by atoms with Crippen molar-refractivity contribution in [1.29, 1.82) is 0 Å². The second-order valence-electron chi connectivity index (χ2n) is 7.70. The maximum absolute atomic E-state index is 12.9. The number of Topliss-reactive ketones (excluding diaryl/α,β-unsaturated/α-hetero) is 1. The minimum absolute atomic E-state index is 0.0790. The van der Waals surface area contributed by atoms with Crippen LogP contribution in [0.2, 0.25) is 0 Å². The molecule has 2 atom stereocenters. The summed E-state index contributed by atoms with van der Waals surface area (Å²) in [6.45, 7) is 4.94. The van der Waals surface area contributed by atoms with E-state index in [1.165, 1.54) is 20.1 Å². The van der Waals surface area contributed by atoms with E-state index >= 15 is 0 Å². The molecule has 3 N–H and O–H groups in total. The number of ketones is 1. The zero-order valence-corrected chi connectivity index (χ0v) is 17.4. The number of aliphatic hydroxyl groups is 1. The molecule has 0 radical (unpaired) electrons. The largest absolute Gasteiger partial charge is 0.504 e. The summed E-state index contributed by atoms with van der Waals surface area (Å²) in [6, 6.07) is 1.21. The van der Waals surface area contributed by atoms with Gasteiger partial charge in [-0.1, -0.05) is 6.92 Å². The van der Waals surface area contributed by atoms with Gasteiger partial charge >= 0.3 is 5.97 Å². The van der Waals surface area contributed by atoms with Crippen LogP contribution in [0.1, 0.15) is 49.0 Å². The van der Waals surface area contributed by atoms with Crippen molar-refractivity contribution in [3.05, 3.63) is 40.2 Å². The van der Waals surface area contributed by atoms with Crippen LogP contribution in [0.15, 0.2) is 29.0 Å². The van der Waals surface area contributed by atoms with Gasteiger partial charge in [-0.05, 0) is 43.5 Å². The third-order valence-corrected chi connectivity index (χ3v) is 5.48. The third kappa shape index (κ3) is 3.63. The highest BCUT2D eigenvalue weighted by Gasteiger charge is 2.49. The Morgan fingerprint density at radius 1 is 1.37 bits per heavy atom. The van der Waals surface area contributed by atoms with E-state index < -0.39 is 35.0 Å². The molecule has 0 spiro atoms. The van der Waals surface area contributed by atoms with Crippen LogP contribution in [0.5, 0.6) is 17.2 Å². The van der Waals surface area contributed by atoms with Crippen LogP contribution >= 0.6 is 0 Å². The summed E-state index contributed by atoms with van der Waals surface area (Å²) in [5.74, 6) is -1.96. The minimum Gasteiger partial charge on any atom is -0.504 e. The topological polar surface area (TPSA) is 123 Å². The van der Waals surface area contributed by atoms with Crippen LogP contribution in [-0.2, 0) is 14.3 Å². The Morgan fingerprint density at radius 3 is 2.70 bits per heavy atom. The summed E-state index contributed by atoms with van der Waals surface area (Å²) in [7, 11) is 1.24. The zero-order valence-electron chi connectivity index (χ0n) is 17.4. The van der Waals surface area contributed by atoms with E-state index in [0.29, 0.717) is 16.7 Å². The molecule has 0 aromatic heterocycles. The highest BCUT2D eigenvalue weighted by Crippen LogP contribution is 2.42. The molecule has 0 fully saturated rings. The number of methoxy groups -OCH3 is 1. The Kier molecular flexibility index (Phi) is 5.81. The molecule has 1 aliphatic heterocycles. The second-order valence-corrected chi connectivity index (χ2v) is 7.70. The third-order valence-electron chi connectivity index (χ3n) is 5.48. The lowest BCUT2D eigenvalue weighted by Gasteiger charge is -2.38. The molecule has 3 rings (SSSR count). The molecule has 1 aromatic carbocycles. The van der Waals surface area contributed by atoms with Gasteiger partial charge in [0.15, 0.2) is 22.9 Å². The summed E-state index contributed by atoms with van der Waals surface area (Å²) in [6.07, 6.45) is 2.36. The van der Waals surface area contributed by atoms with Gasteiger partial charge in [-0.25, -0.2) is 4.79 Å². The molecule has 0 saturated heterocycles. The van der Waals surface area contributed by atoms with E-state index in [4.69, 9.17) is 14.2 Å². The number of carbonyl (C=O) groups excluding carboxylic acids is 2. The van der Waals surface area contributed by atoms with E-state index in [1.54, 1.807) is 13.0 Å². The standard InChI is InChI=1S/C22H26O8/c1-5-6-13-8-12-9-16(22(3,27)20(25)14(12)10-29-13)30-21(26)17-11(2)7-15(23)18(24)19(17)28-4/h7-8,16,23-24,27H,5-6,9-10H2,1-4H3. The highest BCUT2D eigenvalue weighted by molar-refractivity contribution is 6.05. The first-order valence-corrected chi connectivity index (χ1v) is 9.74. The maximum Gasteiger partial charge on any atom is 0.342 e. The van der Waals surface area contributed by atoms with Crippen molar-refractivity contribution in [2.24, 2.45) is 0 Å². The van der Waals surface area contributed by atoms with Crippen LogP contribution in [0, 0.1) is 6.92 Å². The Labute approximate surface area is 174 Å². The van der Waals surface area contributed by atoms with Gasteiger partial charge in [0.25, 0.3) is 0 Å². The number of phenols is 2. The average Bonchev–Trinajstić information content (AvgIpc) is 2.68. The predicted octanol–water partition coefficient (Wildman–Crippen LogP) is 2.67. The van der Waals surface area contributed by atoms with Gasteiger partial charge in [-0.15, -0.1) is 0 Å². The molecule has 2 unspecified atom stereocenters. The number of ether oxygens (including phenoxy) is 3. The van der Waals surface area contributed by atoms with Gasteiger partial charge in [0.05, 0.1) is 12.9 Å². The van der Waals surface area contributed by atoms with E-state index in [9.17, 15) is 24.9 Å². The Balaban J connectivity index is 1.94. The second kappa shape index (κ2) is 8.02. The van der Waals surface area contributed by atoms with Crippen LogP contribution in [0.3, 0.4) is 0 Å². The van der Waals surface area contributed by atoms with Crippen LogP contribution in [0.4, 0.5) is 0 Å². The van der Waals surface area contributed by atoms with E-state index in [0.717, 1.165) is 18.6 Å². The van der Waals surface area contributed by atoms with Gasteiger partial charge in [0, 0.05) is 18.4 Å². The predicted molar refractivity (Wildman–Crippen MR) is 106 cm³/mol. The first-order chi connectivity index (χ1) is 14.1. The summed E-state index contributed by atoms with van der Waals surface area (Å²) in [5, 5.41) is 30.6. The van der Waals surface area contributed by atoms with Crippen LogP contribution in [0.25, 0.3) is 0 Å². The van der Waals surface area contributed by atoms with E-state index in [1.807, 2.05) is 6.92 Å². The molecule has 0 bridgehead atoms. The van der Waals surface area contributed by atoms with Crippen molar-refractivity contribution in [1.82, 2.24) is 0 Å². The maximum atomic E-state index is 12.9. The molecule has 1 aliphatic carbocycles. The molecule has 162 valence electrons. The molecule has 1 heterocycles. The van der Waals surface area contributed by atoms with Crippen LogP contribution < -0.4 is 4.74 Å². The SMILES string of the molecule is CCCC1=CC2=C(CO1)C(=O)C(C)(O)C(OC(=O)c1c(C)cc(O)c(O)c1OC)C2. The first kappa shape index (κ1) is 21.7. The summed E-state index contributed by atoms with van der Waals surface area (Å²) < 4.78 is 16.2. The first-order valence-electron chi connectivity index (χ1n) is 9.74. The number of aryl methyl sites for hydroxylation is 1. The highest BCUT2D eigenvalue weighted by atomic mass is 16.6. The van der Waals surface area contributed by atoms with Crippen molar-refractivity contribution in [2.45, 2.75) is 51.7 Å². The Bertz CT molecular complexity index is 954. The summed E-state index contributed by atoms with van der Waals surface area (Å²) in [4.78, 5) is 25.8.